The molecule has 0 unspecified atom stereocenters. The summed E-state index contributed by atoms with van der Waals surface area (Å²) in [6.07, 6.45) is 4.86. The number of hydrogen-bond donors (Lipinski definition) is 3. The molecule has 0 saturated heterocycles. The van der Waals surface area contributed by atoms with Gasteiger partial charge in [0.15, 0.2) is 11.6 Å². The van der Waals surface area contributed by atoms with E-state index in [1.54, 1.807) is 48.9 Å². The lowest BCUT2D eigenvalue weighted by Crippen LogP contribution is -2.19. The lowest BCUT2D eigenvalue weighted by molar-refractivity contribution is 0.262. The van der Waals surface area contributed by atoms with Gasteiger partial charge in [0.25, 0.3) is 0 Å². The van der Waals surface area contributed by atoms with Crippen molar-refractivity contribution in [1.29, 1.82) is 0 Å². The minimum atomic E-state index is -0.657. The Bertz CT molecular complexity index is 1570. The van der Waals surface area contributed by atoms with Crippen molar-refractivity contribution in [2.45, 2.75) is 6.92 Å². The van der Waals surface area contributed by atoms with Gasteiger partial charge in [-0.05, 0) is 67.1 Å². The first-order valence-electron chi connectivity index (χ1n) is 11.5. The molecule has 0 fully saturated rings. The highest BCUT2D eigenvalue weighted by atomic mass is 19.1. The van der Waals surface area contributed by atoms with Gasteiger partial charge in [0.1, 0.15) is 23.1 Å². The molecule has 0 aliphatic heterocycles. The van der Waals surface area contributed by atoms with Crippen LogP contribution in [-0.4, -0.2) is 21.2 Å². The number of ether oxygens (including phenoxy) is 2. The maximum absolute atomic E-state index is 14.8. The minimum absolute atomic E-state index is 0.0124. The molecule has 3 N–H and O–H groups in total. The van der Waals surface area contributed by atoms with Crippen LogP contribution in [0.25, 0.3) is 11.3 Å². The van der Waals surface area contributed by atoms with Crippen molar-refractivity contribution in [2.24, 2.45) is 0 Å². The quantitative estimate of drug-likeness (QED) is 0.212. The fourth-order valence-corrected chi connectivity index (χ4v) is 3.62. The van der Waals surface area contributed by atoms with E-state index in [2.05, 4.69) is 25.8 Å². The monoisotopic (exact) mass is 513 g/mol. The molecule has 0 atom stereocenters. The number of carbonyl (C=O) groups excluding carboxylic acids is 1. The highest BCUT2D eigenvalue weighted by Gasteiger charge is 2.11. The summed E-state index contributed by atoms with van der Waals surface area (Å²) in [5.74, 6) is 0.276. The van der Waals surface area contributed by atoms with Crippen LogP contribution in [0.3, 0.4) is 0 Å². The fourth-order valence-electron chi connectivity index (χ4n) is 3.62. The van der Waals surface area contributed by atoms with Crippen LogP contribution >= 0.6 is 0 Å². The highest BCUT2D eigenvalue weighted by molar-refractivity contribution is 6.00. The zero-order valence-corrected chi connectivity index (χ0v) is 20.0. The number of rotatable bonds is 7. The van der Waals surface area contributed by atoms with Crippen molar-refractivity contribution >= 4 is 17.4 Å². The average molecular weight is 514 g/mol. The third-order valence-corrected chi connectivity index (χ3v) is 5.30. The van der Waals surface area contributed by atoms with Crippen LogP contribution in [0.2, 0.25) is 0 Å². The number of urea groups is 1. The summed E-state index contributed by atoms with van der Waals surface area (Å²) in [5.41, 5.74) is 2.92. The van der Waals surface area contributed by atoms with Gasteiger partial charge in [-0.15, -0.1) is 0 Å². The summed E-state index contributed by atoms with van der Waals surface area (Å²) in [4.78, 5) is 16.8. The van der Waals surface area contributed by atoms with Crippen LogP contribution in [0.1, 0.15) is 5.56 Å². The first kappa shape index (κ1) is 24.4. The zero-order chi connectivity index (χ0) is 26.5. The van der Waals surface area contributed by atoms with Gasteiger partial charge in [-0.1, -0.05) is 0 Å². The van der Waals surface area contributed by atoms with Gasteiger partial charge in [0.05, 0.1) is 11.9 Å². The molecule has 2 aromatic heterocycles. The van der Waals surface area contributed by atoms with E-state index in [0.29, 0.717) is 28.6 Å². The van der Waals surface area contributed by atoms with E-state index >= 15 is 0 Å². The maximum atomic E-state index is 14.8. The Hall–Kier alpha value is -5.25. The molecule has 3 aromatic carbocycles. The van der Waals surface area contributed by atoms with Crippen molar-refractivity contribution < 1.29 is 23.0 Å². The van der Waals surface area contributed by atoms with Crippen LogP contribution in [-0.2, 0) is 0 Å². The lowest BCUT2D eigenvalue weighted by Gasteiger charge is -2.12. The molecule has 2 heterocycles. The number of hydrogen-bond acceptors (Lipinski definition) is 5. The number of halogens is 2. The molecule has 5 aromatic rings. The Balaban J connectivity index is 1.23. The normalized spacial score (nSPS) is 10.6. The van der Waals surface area contributed by atoms with E-state index < -0.39 is 11.8 Å². The number of H-pyrrole nitrogens is 1. The number of benzene rings is 3. The number of pyridine rings is 1. The summed E-state index contributed by atoms with van der Waals surface area (Å²) in [7, 11) is 0. The Morgan fingerprint density at radius 3 is 2.42 bits per heavy atom. The summed E-state index contributed by atoms with van der Waals surface area (Å²) in [6, 6.07) is 17.6. The third kappa shape index (κ3) is 6.11. The average Bonchev–Trinajstić information content (AvgIpc) is 3.42. The number of carbonyl (C=O) groups is 1. The zero-order valence-electron chi connectivity index (χ0n) is 20.0. The van der Waals surface area contributed by atoms with Gasteiger partial charge in [0.2, 0.25) is 0 Å². The van der Waals surface area contributed by atoms with Crippen molar-refractivity contribution in [3.8, 4) is 34.3 Å². The molecule has 2 amide bonds. The number of aromatic nitrogens is 3. The first-order chi connectivity index (χ1) is 18.4. The summed E-state index contributed by atoms with van der Waals surface area (Å²) in [5, 5.41) is 11.9. The number of anilines is 2. The molecule has 10 heteroatoms. The van der Waals surface area contributed by atoms with E-state index in [1.165, 1.54) is 36.4 Å². The molecular weight excluding hydrogens is 492 g/mol. The van der Waals surface area contributed by atoms with E-state index in [4.69, 9.17) is 9.47 Å². The second kappa shape index (κ2) is 10.8. The largest absolute Gasteiger partial charge is 0.457 e. The molecule has 0 bridgehead atoms. The molecule has 8 nitrogen and oxygen atoms in total. The van der Waals surface area contributed by atoms with Gasteiger partial charge in [-0.25, -0.2) is 13.6 Å². The number of nitrogens with zero attached hydrogens (tertiary/aromatic N) is 2. The number of nitrogens with one attached hydrogen (secondary N) is 3. The second-order valence-corrected chi connectivity index (χ2v) is 8.28. The van der Waals surface area contributed by atoms with Crippen LogP contribution in [0.15, 0.2) is 91.4 Å². The SMILES string of the molecule is Cc1cc(NC(=O)Nc2ccc(Oc3ccnc(-c4cn[nH]c4)c3)c(F)c2)cc(Oc2ccc(F)cc2)c1. The van der Waals surface area contributed by atoms with Crippen LogP contribution < -0.4 is 20.1 Å². The summed E-state index contributed by atoms with van der Waals surface area (Å²) < 4.78 is 39.3. The number of aromatic amines is 1. The summed E-state index contributed by atoms with van der Waals surface area (Å²) in [6.45, 7) is 1.84. The summed E-state index contributed by atoms with van der Waals surface area (Å²) >= 11 is 0. The predicted octanol–water partition coefficient (Wildman–Crippen LogP) is 7.29. The number of amides is 2. The van der Waals surface area contributed by atoms with E-state index in [1.807, 2.05) is 6.92 Å². The molecule has 38 heavy (non-hydrogen) atoms. The Morgan fingerprint density at radius 1 is 0.842 bits per heavy atom. The van der Waals surface area contributed by atoms with Gasteiger partial charge in [-0.3, -0.25) is 10.1 Å². The van der Waals surface area contributed by atoms with Gasteiger partial charge >= 0.3 is 6.03 Å². The van der Waals surface area contributed by atoms with E-state index in [0.717, 1.165) is 17.2 Å². The van der Waals surface area contributed by atoms with Crippen molar-refractivity contribution in [3.63, 3.8) is 0 Å². The fraction of sp³-hybridized carbons (Fsp3) is 0.0357. The van der Waals surface area contributed by atoms with Gasteiger partial charge in [0, 0.05) is 47.5 Å². The van der Waals surface area contributed by atoms with Crippen LogP contribution in [0, 0.1) is 18.6 Å². The highest BCUT2D eigenvalue weighted by Crippen LogP contribution is 2.29. The molecule has 0 spiro atoms. The molecule has 0 aliphatic carbocycles. The van der Waals surface area contributed by atoms with Crippen LogP contribution in [0.5, 0.6) is 23.0 Å². The Morgan fingerprint density at radius 2 is 1.66 bits per heavy atom. The first-order valence-corrected chi connectivity index (χ1v) is 11.5. The second-order valence-electron chi connectivity index (χ2n) is 8.28. The van der Waals surface area contributed by atoms with E-state index in [-0.39, 0.29) is 17.3 Å². The van der Waals surface area contributed by atoms with Gasteiger partial charge in [-0.2, -0.15) is 5.10 Å². The van der Waals surface area contributed by atoms with Gasteiger partial charge < -0.3 is 20.1 Å². The van der Waals surface area contributed by atoms with Crippen molar-refractivity contribution in [2.75, 3.05) is 10.6 Å². The van der Waals surface area contributed by atoms with Crippen molar-refractivity contribution in [3.05, 3.63) is 109 Å². The van der Waals surface area contributed by atoms with Crippen molar-refractivity contribution in [1.82, 2.24) is 15.2 Å². The maximum Gasteiger partial charge on any atom is 0.323 e. The molecular formula is C28H21F2N5O3. The molecule has 0 saturated carbocycles. The Kier molecular flexibility index (Phi) is 6.94. The molecule has 5 rings (SSSR count). The van der Waals surface area contributed by atoms with E-state index in [9.17, 15) is 13.6 Å². The van der Waals surface area contributed by atoms with Crippen LogP contribution in [0.4, 0.5) is 25.0 Å². The standard InChI is InChI=1S/C28H21F2N5O3/c1-17-10-21(12-24(11-17)37-22-5-2-19(29)3-6-22)35-28(36)34-20-4-7-27(25(30)13-20)38-23-8-9-31-26(14-23)18-15-32-33-16-18/h2-16H,1H3,(H,32,33)(H2,34,35,36). The topological polar surface area (TPSA) is 101 Å². The predicted molar refractivity (Wildman–Crippen MR) is 139 cm³/mol. The Labute approximate surface area is 216 Å². The minimum Gasteiger partial charge on any atom is -0.457 e. The molecule has 0 radical (unpaired) electrons. The molecule has 190 valence electrons. The smallest absolute Gasteiger partial charge is 0.323 e. The third-order valence-electron chi connectivity index (χ3n) is 5.30. The lowest BCUT2D eigenvalue weighted by atomic mass is 10.2. The number of aryl methyl sites for hydroxylation is 1. The molecule has 0 aliphatic rings.